The smallest absolute Gasteiger partial charge is 0.203 e. The van der Waals surface area contributed by atoms with Gasteiger partial charge < -0.3 is 28.4 Å². The van der Waals surface area contributed by atoms with Gasteiger partial charge in [0.05, 0.1) is 51.9 Å². The highest BCUT2D eigenvalue weighted by atomic mass is 32.1. The van der Waals surface area contributed by atoms with Crippen LogP contribution in [0.15, 0.2) is 78.9 Å². The lowest BCUT2D eigenvalue weighted by Crippen LogP contribution is -2.03. The zero-order chi connectivity index (χ0) is 30.0. The van der Waals surface area contributed by atoms with E-state index in [9.17, 15) is 0 Å². The standard InChI is InChI=1S/C35H35NO6S/c1-37-29-17-16-24(14-15-25-21-31(38-2)34(40-4)32(22-25)39-3)20-30(29)42-19-8-7-18-41-27-11-9-10-26(23-27)35-36-28-12-5-6-13-33(28)43-35/h5-6,9-17,20-23H,7-8,18-19H2,1-4H3. The molecule has 0 saturated carbocycles. The maximum atomic E-state index is 6.10. The first-order chi connectivity index (χ1) is 21.1. The summed E-state index contributed by atoms with van der Waals surface area (Å²) in [5.74, 6) is 3.98. The molecule has 0 fully saturated rings. The molecule has 0 atom stereocenters. The van der Waals surface area contributed by atoms with Crippen LogP contribution in [0.3, 0.4) is 0 Å². The van der Waals surface area contributed by atoms with Crippen molar-refractivity contribution < 1.29 is 28.4 Å². The Bertz CT molecular complexity index is 1640. The molecule has 1 heterocycles. The van der Waals surface area contributed by atoms with Gasteiger partial charge in [-0.2, -0.15) is 0 Å². The first-order valence-corrected chi connectivity index (χ1v) is 14.8. The number of aromatic nitrogens is 1. The molecule has 7 nitrogen and oxygen atoms in total. The summed E-state index contributed by atoms with van der Waals surface area (Å²) in [5, 5.41) is 0.995. The molecular formula is C35H35NO6S. The van der Waals surface area contributed by atoms with E-state index in [2.05, 4.69) is 18.2 Å². The van der Waals surface area contributed by atoms with Gasteiger partial charge in [0.15, 0.2) is 23.0 Å². The van der Waals surface area contributed by atoms with Crippen molar-refractivity contribution in [2.75, 3.05) is 41.7 Å². The average Bonchev–Trinajstić information content (AvgIpc) is 3.49. The van der Waals surface area contributed by atoms with Crippen molar-refractivity contribution >= 4 is 33.7 Å². The number of hydrogen-bond donors (Lipinski definition) is 0. The van der Waals surface area contributed by atoms with Crippen molar-refractivity contribution in [2.24, 2.45) is 0 Å². The Morgan fingerprint density at radius 1 is 0.628 bits per heavy atom. The van der Waals surface area contributed by atoms with Gasteiger partial charge in [-0.15, -0.1) is 11.3 Å². The molecular weight excluding hydrogens is 562 g/mol. The van der Waals surface area contributed by atoms with Gasteiger partial charge in [-0.3, -0.25) is 0 Å². The molecule has 8 heteroatoms. The number of para-hydroxylation sites is 1. The zero-order valence-electron chi connectivity index (χ0n) is 24.8. The van der Waals surface area contributed by atoms with Gasteiger partial charge >= 0.3 is 0 Å². The lowest BCUT2D eigenvalue weighted by atomic mass is 10.1. The van der Waals surface area contributed by atoms with Gasteiger partial charge in [0.2, 0.25) is 5.75 Å². The van der Waals surface area contributed by atoms with Gasteiger partial charge in [0, 0.05) is 5.56 Å². The Kier molecular flexibility index (Phi) is 10.0. The number of methoxy groups -OCH3 is 4. The molecule has 5 aromatic rings. The summed E-state index contributed by atoms with van der Waals surface area (Å²) < 4.78 is 35.2. The van der Waals surface area contributed by atoms with Crippen LogP contribution >= 0.6 is 11.3 Å². The van der Waals surface area contributed by atoms with E-state index in [-0.39, 0.29) is 0 Å². The van der Waals surface area contributed by atoms with Crippen LogP contribution in [0.5, 0.6) is 34.5 Å². The monoisotopic (exact) mass is 597 g/mol. The number of fused-ring (bicyclic) bond motifs is 1. The third kappa shape index (κ3) is 7.40. The van der Waals surface area contributed by atoms with Crippen molar-refractivity contribution in [3.05, 3.63) is 90.0 Å². The highest BCUT2D eigenvalue weighted by molar-refractivity contribution is 7.21. The van der Waals surface area contributed by atoms with E-state index in [1.807, 2.05) is 72.8 Å². The Labute approximate surface area is 256 Å². The Morgan fingerprint density at radius 3 is 2.05 bits per heavy atom. The van der Waals surface area contributed by atoms with Gasteiger partial charge in [-0.05, 0) is 72.5 Å². The van der Waals surface area contributed by atoms with Crippen LogP contribution in [-0.4, -0.2) is 46.6 Å². The van der Waals surface area contributed by atoms with Crippen LogP contribution in [0, 0.1) is 0 Å². The molecule has 0 N–H and O–H groups in total. The molecule has 0 saturated heterocycles. The lowest BCUT2D eigenvalue weighted by Gasteiger charge is -2.13. The van der Waals surface area contributed by atoms with E-state index in [1.54, 1.807) is 39.8 Å². The molecule has 43 heavy (non-hydrogen) atoms. The fourth-order valence-electron chi connectivity index (χ4n) is 4.59. The second kappa shape index (κ2) is 14.5. The maximum absolute atomic E-state index is 6.10. The highest BCUT2D eigenvalue weighted by Gasteiger charge is 2.12. The SMILES string of the molecule is COc1ccc(C=Cc2cc(OC)c(OC)c(OC)c2)cc1OCCCCOc1cccc(-c2nc3ccccc3s2)c1. The summed E-state index contributed by atoms with van der Waals surface area (Å²) in [7, 11) is 6.44. The van der Waals surface area contributed by atoms with E-state index in [0.717, 1.165) is 45.8 Å². The number of unbranched alkanes of at least 4 members (excludes halogenated alkanes) is 1. The van der Waals surface area contributed by atoms with Gasteiger partial charge in [-0.25, -0.2) is 4.98 Å². The minimum Gasteiger partial charge on any atom is -0.494 e. The van der Waals surface area contributed by atoms with E-state index < -0.39 is 0 Å². The van der Waals surface area contributed by atoms with Crippen molar-refractivity contribution in [2.45, 2.75) is 12.8 Å². The molecule has 222 valence electrons. The number of rotatable bonds is 14. The van der Waals surface area contributed by atoms with Crippen LogP contribution in [0.2, 0.25) is 0 Å². The van der Waals surface area contributed by atoms with Gasteiger partial charge in [-0.1, -0.05) is 42.5 Å². The second-order valence-electron chi connectivity index (χ2n) is 9.62. The molecule has 1 aromatic heterocycles. The third-order valence-electron chi connectivity index (χ3n) is 6.78. The second-order valence-corrected chi connectivity index (χ2v) is 10.7. The van der Waals surface area contributed by atoms with E-state index >= 15 is 0 Å². The van der Waals surface area contributed by atoms with Crippen LogP contribution < -0.4 is 28.4 Å². The Balaban J connectivity index is 1.14. The maximum Gasteiger partial charge on any atom is 0.203 e. The van der Waals surface area contributed by atoms with Crippen LogP contribution in [0.25, 0.3) is 32.9 Å². The molecule has 0 radical (unpaired) electrons. The quantitative estimate of drug-likeness (QED) is 0.0940. The Morgan fingerprint density at radius 2 is 1.33 bits per heavy atom. The van der Waals surface area contributed by atoms with Crippen molar-refractivity contribution in [3.63, 3.8) is 0 Å². The van der Waals surface area contributed by atoms with E-state index in [1.165, 1.54) is 4.70 Å². The molecule has 0 unspecified atom stereocenters. The molecule has 0 aliphatic heterocycles. The molecule has 0 spiro atoms. The summed E-state index contributed by atoms with van der Waals surface area (Å²) in [6, 6.07) is 26.0. The summed E-state index contributed by atoms with van der Waals surface area (Å²) >= 11 is 1.69. The topological polar surface area (TPSA) is 68.3 Å². The molecule has 4 aromatic carbocycles. The van der Waals surface area contributed by atoms with E-state index in [4.69, 9.17) is 33.4 Å². The van der Waals surface area contributed by atoms with Gasteiger partial charge in [0.1, 0.15) is 10.8 Å². The fourth-order valence-corrected chi connectivity index (χ4v) is 5.55. The predicted molar refractivity (Wildman–Crippen MR) is 173 cm³/mol. The first-order valence-electron chi connectivity index (χ1n) is 14.0. The van der Waals surface area contributed by atoms with Crippen LogP contribution in [-0.2, 0) is 0 Å². The number of hydrogen-bond acceptors (Lipinski definition) is 8. The lowest BCUT2D eigenvalue weighted by molar-refractivity contribution is 0.258. The number of nitrogens with zero attached hydrogens (tertiary/aromatic N) is 1. The number of thiazole rings is 1. The molecule has 0 bridgehead atoms. The van der Waals surface area contributed by atoms with Gasteiger partial charge in [0.25, 0.3) is 0 Å². The summed E-state index contributed by atoms with van der Waals surface area (Å²) in [5.41, 5.74) is 3.97. The van der Waals surface area contributed by atoms with Crippen molar-refractivity contribution in [1.82, 2.24) is 4.98 Å². The summed E-state index contributed by atoms with van der Waals surface area (Å²) in [6.07, 6.45) is 5.68. The molecule has 0 aliphatic rings. The van der Waals surface area contributed by atoms with Crippen molar-refractivity contribution in [3.8, 4) is 45.1 Å². The van der Waals surface area contributed by atoms with E-state index in [0.29, 0.717) is 42.0 Å². The fraction of sp³-hybridized carbons (Fsp3) is 0.229. The summed E-state index contributed by atoms with van der Waals surface area (Å²) in [4.78, 5) is 4.76. The van der Waals surface area contributed by atoms with Crippen LogP contribution in [0.4, 0.5) is 0 Å². The zero-order valence-corrected chi connectivity index (χ0v) is 25.6. The number of benzene rings is 4. The molecule has 0 amide bonds. The van der Waals surface area contributed by atoms with Crippen molar-refractivity contribution in [1.29, 1.82) is 0 Å². The summed E-state index contributed by atoms with van der Waals surface area (Å²) in [6.45, 7) is 1.15. The molecule has 0 aliphatic carbocycles. The normalized spacial score (nSPS) is 11.1. The first kappa shape index (κ1) is 29.8. The Hall–Kier alpha value is -4.69. The van der Waals surface area contributed by atoms with Crippen LogP contribution in [0.1, 0.15) is 24.0 Å². The largest absolute Gasteiger partial charge is 0.494 e. The predicted octanol–water partition coefficient (Wildman–Crippen LogP) is 8.41. The third-order valence-corrected chi connectivity index (χ3v) is 7.87. The highest BCUT2D eigenvalue weighted by Crippen LogP contribution is 2.39. The minimum absolute atomic E-state index is 0.547. The average molecular weight is 598 g/mol. The molecule has 5 rings (SSSR count). The number of ether oxygens (including phenoxy) is 6. The minimum atomic E-state index is 0.547.